The average molecular weight is 189 g/mol. The highest BCUT2D eigenvalue weighted by molar-refractivity contribution is 5.30. The zero-order chi connectivity index (χ0) is 9.97. The molecule has 0 saturated carbocycles. The van der Waals surface area contributed by atoms with Crippen molar-refractivity contribution in [2.45, 2.75) is 13.5 Å². The van der Waals surface area contributed by atoms with Gasteiger partial charge in [-0.05, 0) is 13.0 Å². The Kier molecular flexibility index (Phi) is 2.14. The quantitative estimate of drug-likeness (QED) is 0.751. The van der Waals surface area contributed by atoms with Crippen LogP contribution in [-0.2, 0) is 6.54 Å². The molecule has 2 heterocycles. The molecule has 0 aliphatic carbocycles. The maximum absolute atomic E-state index is 5.54. The first-order valence-electron chi connectivity index (χ1n) is 4.30. The summed E-state index contributed by atoms with van der Waals surface area (Å²) in [4.78, 5) is 8.40. The highest BCUT2D eigenvalue weighted by Crippen LogP contribution is 2.01. The number of nitrogen functional groups attached to an aromatic ring is 1. The van der Waals surface area contributed by atoms with Gasteiger partial charge < -0.3 is 5.73 Å². The summed E-state index contributed by atoms with van der Waals surface area (Å²) in [7, 11) is 0. The fourth-order valence-corrected chi connectivity index (χ4v) is 1.19. The van der Waals surface area contributed by atoms with Gasteiger partial charge in [0.25, 0.3) is 0 Å². The first kappa shape index (κ1) is 8.68. The maximum atomic E-state index is 5.54. The minimum atomic E-state index is 0.554. The van der Waals surface area contributed by atoms with E-state index in [0.717, 1.165) is 11.5 Å². The van der Waals surface area contributed by atoms with E-state index >= 15 is 0 Å². The van der Waals surface area contributed by atoms with Gasteiger partial charge in [0, 0.05) is 18.1 Å². The largest absolute Gasteiger partial charge is 0.396 e. The van der Waals surface area contributed by atoms with E-state index in [4.69, 9.17) is 5.73 Å². The zero-order valence-electron chi connectivity index (χ0n) is 7.88. The molecule has 2 aromatic heterocycles. The van der Waals surface area contributed by atoms with E-state index in [1.165, 1.54) is 0 Å². The van der Waals surface area contributed by atoms with Crippen molar-refractivity contribution in [1.82, 2.24) is 19.7 Å². The first-order chi connectivity index (χ1) is 6.74. The van der Waals surface area contributed by atoms with Crippen molar-refractivity contribution in [3.05, 3.63) is 36.2 Å². The molecule has 2 aromatic rings. The lowest BCUT2D eigenvalue weighted by Gasteiger charge is -2.00. The zero-order valence-corrected chi connectivity index (χ0v) is 7.88. The van der Waals surface area contributed by atoms with E-state index in [2.05, 4.69) is 15.1 Å². The summed E-state index contributed by atoms with van der Waals surface area (Å²) in [6, 6.07) is 1.86. The van der Waals surface area contributed by atoms with Gasteiger partial charge in [0.05, 0.1) is 11.9 Å². The monoisotopic (exact) mass is 189 g/mol. The van der Waals surface area contributed by atoms with Crippen LogP contribution in [0.25, 0.3) is 0 Å². The van der Waals surface area contributed by atoms with Crippen molar-refractivity contribution in [2.75, 3.05) is 5.73 Å². The highest BCUT2D eigenvalue weighted by atomic mass is 15.3. The fraction of sp³-hybridized carbons (Fsp3) is 0.222. The van der Waals surface area contributed by atoms with Crippen LogP contribution in [0.5, 0.6) is 0 Å². The third kappa shape index (κ3) is 1.87. The Balaban J connectivity index is 2.18. The Labute approximate surface area is 81.6 Å². The molecule has 5 heteroatoms. The molecule has 0 amide bonds. The van der Waals surface area contributed by atoms with Gasteiger partial charge in [-0.1, -0.05) is 0 Å². The van der Waals surface area contributed by atoms with Crippen molar-refractivity contribution < 1.29 is 0 Å². The van der Waals surface area contributed by atoms with Crippen molar-refractivity contribution in [1.29, 1.82) is 0 Å². The molecule has 0 fully saturated rings. The summed E-state index contributed by atoms with van der Waals surface area (Å²) in [6.45, 7) is 2.49. The van der Waals surface area contributed by atoms with Gasteiger partial charge in [0.15, 0.2) is 0 Å². The molecule has 0 aliphatic heterocycles. The van der Waals surface area contributed by atoms with Crippen LogP contribution < -0.4 is 5.73 Å². The van der Waals surface area contributed by atoms with Gasteiger partial charge in [0.1, 0.15) is 12.4 Å². The third-order valence-electron chi connectivity index (χ3n) is 1.80. The molecule has 72 valence electrons. The van der Waals surface area contributed by atoms with Crippen molar-refractivity contribution in [3.8, 4) is 0 Å². The number of nitrogens with two attached hydrogens (primary N) is 1. The smallest absolute Gasteiger partial charge is 0.149 e. The summed E-state index contributed by atoms with van der Waals surface area (Å²) in [6.07, 6.45) is 5.10. The number of hydrogen-bond acceptors (Lipinski definition) is 4. The standard InChI is InChI=1S/C9H11N5/c1-7-2-3-11-9(13-7)6-14-5-8(10)4-12-14/h2-5H,6,10H2,1H3. The molecule has 2 N–H and O–H groups in total. The lowest BCUT2D eigenvalue weighted by Crippen LogP contribution is -2.05. The molecule has 0 aromatic carbocycles. The number of nitrogens with zero attached hydrogens (tertiary/aromatic N) is 4. The minimum Gasteiger partial charge on any atom is -0.396 e. The van der Waals surface area contributed by atoms with E-state index in [0.29, 0.717) is 12.2 Å². The average Bonchev–Trinajstić information content (AvgIpc) is 2.51. The van der Waals surface area contributed by atoms with Crippen LogP contribution in [0, 0.1) is 6.92 Å². The Morgan fingerprint density at radius 2 is 2.36 bits per heavy atom. The van der Waals surface area contributed by atoms with Crippen LogP contribution in [0.3, 0.4) is 0 Å². The van der Waals surface area contributed by atoms with Gasteiger partial charge in [0.2, 0.25) is 0 Å². The number of hydrogen-bond donors (Lipinski definition) is 1. The Bertz CT molecular complexity index is 434. The van der Waals surface area contributed by atoms with Gasteiger partial charge in [-0.3, -0.25) is 4.68 Å². The second-order valence-electron chi connectivity index (χ2n) is 3.09. The summed E-state index contributed by atoms with van der Waals surface area (Å²) in [5.41, 5.74) is 7.14. The Morgan fingerprint density at radius 1 is 1.50 bits per heavy atom. The van der Waals surface area contributed by atoms with Gasteiger partial charge in [-0.2, -0.15) is 5.10 Å². The Morgan fingerprint density at radius 3 is 3.00 bits per heavy atom. The maximum Gasteiger partial charge on any atom is 0.149 e. The molecular weight excluding hydrogens is 178 g/mol. The molecule has 0 bridgehead atoms. The Hall–Kier alpha value is -1.91. The van der Waals surface area contributed by atoms with Crippen LogP contribution in [-0.4, -0.2) is 19.7 Å². The lowest BCUT2D eigenvalue weighted by molar-refractivity contribution is 0.653. The van der Waals surface area contributed by atoms with Crippen LogP contribution in [0.15, 0.2) is 24.7 Å². The van der Waals surface area contributed by atoms with E-state index < -0.39 is 0 Å². The van der Waals surface area contributed by atoms with E-state index in [9.17, 15) is 0 Å². The molecule has 0 aliphatic rings. The number of rotatable bonds is 2. The number of aromatic nitrogens is 4. The van der Waals surface area contributed by atoms with Gasteiger partial charge >= 0.3 is 0 Å². The molecule has 5 nitrogen and oxygen atoms in total. The van der Waals surface area contributed by atoms with Gasteiger partial charge in [-0.15, -0.1) is 0 Å². The molecule has 0 atom stereocenters. The molecule has 0 radical (unpaired) electrons. The molecule has 0 unspecified atom stereocenters. The van der Waals surface area contributed by atoms with Crippen LogP contribution >= 0.6 is 0 Å². The molecular formula is C9H11N5. The number of anilines is 1. The molecule has 0 spiro atoms. The summed E-state index contributed by atoms with van der Waals surface area (Å²) < 4.78 is 1.71. The SMILES string of the molecule is Cc1ccnc(Cn2cc(N)cn2)n1. The predicted molar refractivity (Wildman–Crippen MR) is 52.5 cm³/mol. The first-order valence-corrected chi connectivity index (χ1v) is 4.30. The van der Waals surface area contributed by atoms with Crippen LogP contribution in [0.1, 0.15) is 11.5 Å². The normalized spacial score (nSPS) is 10.4. The summed E-state index contributed by atoms with van der Waals surface area (Å²) in [5, 5.41) is 4.05. The van der Waals surface area contributed by atoms with E-state index in [1.807, 2.05) is 13.0 Å². The minimum absolute atomic E-state index is 0.554. The van der Waals surface area contributed by atoms with Crippen molar-refractivity contribution >= 4 is 5.69 Å². The number of aryl methyl sites for hydroxylation is 1. The second-order valence-corrected chi connectivity index (χ2v) is 3.09. The molecule has 2 rings (SSSR count). The fourth-order valence-electron chi connectivity index (χ4n) is 1.19. The van der Waals surface area contributed by atoms with E-state index in [1.54, 1.807) is 23.3 Å². The topological polar surface area (TPSA) is 69.6 Å². The highest BCUT2D eigenvalue weighted by Gasteiger charge is 1.99. The summed E-state index contributed by atoms with van der Waals surface area (Å²) in [5.74, 6) is 0.744. The second kappa shape index (κ2) is 3.45. The molecule has 0 saturated heterocycles. The molecule has 14 heavy (non-hydrogen) atoms. The third-order valence-corrected chi connectivity index (χ3v) is 1.80. The lowest BCUT2D eigenvalue weighted by atomic mass is 10.4. The van der Waals surface area contributed by atoms with Crippen molar-refractivity contribution in [3.63, 3.8) is 0 Å². The predicted octanol–water partition coefficient (Wildman–Crippen LogP) is 0.612. The van der Waals surface area contributed by atoms with E-state index in [-0.39, 0.29) is 0 Å². The van der Waals surface area contributed by atoms with Crippen LogP contribution in [0.2, 0.25) is 0 Å². The van der Waals surface area contributed by atoms with Crippen LogP contribution in [0.4, 0.5) is 5.69 Å². The van der Waals surface area contributed by atoms with Crippen molar-refractivity contribution in [2.24, 2.45) is 0 Å². The summed E-state index contributed by atoms with van der Waals surface area (Å²) >= 11 is 0. The van der Waals surface area contributed by atoms with Gasteiger partial charge in [-0.25, -0.2) is 9.97 Å².